The lowest BCUT2D eigenvalue weighted by atomic mass is 9.86. The summed E-state index contributed by atoms with van der Waals surface area (Å²) in [5.41, 5.74) is 3.66. The molecule has 2 aromatic rings. The maximum atomic E-state index is 12.1. The number of carbonyl (C=O) groups is 1. The van der Waals surface area contributed by atoms with E-state index in [2.05, 4.69) is 50.4 Å². The topological polar surface area (TPSA) is 47.6 Å². The van der Waals surface area contributed by atoms with Crippen molar-refractivity contribution in [3.05, 3.63) is 59.2 Å². The van der Waals surface area contributed by atoms with E-state index in [0.29, 0.717) is 26.2 Å². The molecule has 0 radical (unpaired) electrons. The fourth-order valence-electron chi connectivity index (χ4n) is 2.92. The summed E-state index contributed by atoms with van der Waals surface area (Å²) in [4.78, 5) is 12.1. The van der Waals surface area contributed by atoms with Gasteiger partial charge in [0.05, 0.1) is 0 Å². The van der Waals surface area contributed by atoms with Gasteiger partial charge in [0.2, 0.25) is 5.91 Å². The lowest BCUT2D eigenvalue weighted by Gasteiger charge is -2.19. The first-order valence-electron chi connectivity index (χ1n) is 9.16. The Morgan fingerprint density at radius 2 is 1.62 bits per heavy atom. The van der Waals surface area contributed by atoms with Crippen LogP contribution in [0, 0.1) is 0 Å². The molecule has 0 atom stereocenters. The van der Waals surface area contributed by atoms with Crippen molar-refractivity contribution < 1.29 is 14.3 Å². The summed E-state index contributed by atoms with van der Waals surface area (Å²) in [6.07, 6.45) is 1.23. The van der Waals surface area contributed by atoms with Crippen LogP contribution in [0.5, 0.6) is 11.5 Å². The second kappa shape index (κ2) is 7.81. The predicted octanol–water partition coefficient (Wildman–Crippen LogP) is 4.00. The Balaban J connectivity index is 1.47. The van der Waals surface area contributed by atoms with Crippen molar-refractivity contribution >= 4 is 5.91 Å². The highest BCUT2D eigenvalue weighted by atomic mass is 16.6. The zero-order valence-electron chi connectivity index (χ0n) is 15.8. The van der Waals surface area contributed by atoms with Crippen molar-refractivity contribution in [2.45, 2.75) is 45.6 Å². The number of hydrogen-bond acceptors (Lipinski definition) is 3. The summed E-state index contributed by atoms with van der Waals surface area (Å²) in [5.74, 6) is 1.58. The van der Waals surface area contributed by atoms with Gasteiger partial charge in [-0.05, 0) is 40.7 Å². The molecule has 0 aliphatic carbocycles. The van der Waals surface area contributed by atoms with Gasteiger partial charge >= 0.3 is 0 Å². The van der Waals surface area contributed by atoms with Gasteiger partial charge in [0.25, 0.3) is 0 Å². The number of hydrogen-bond donors (Lipinski definition) is 1. The van der Waals surface area contributed by atoms with Crippen LogP contribution in [0.25, 0.3) is 0 Å². The fraction of sp³-hybridized carbons (Fsp3) is 0.409. The van der Waals surface area contributed by atoms with E-state index >= 15 is 0 Å². The van der Waals surface area contributed by atoms with Crippen LogP contribution < -0.4 is 14.8 Å². The number of amides is 1. The van der Waals surface area contributed by atoms with E-state index in [0.717, 1.165) is 23.5 Å². The van der Waals surface area contributed by atoms with E-state index in [1.165, 1.54) is 11.1 Å². The first kappa shape index (κ1) is 18.3. The van der Waals surface area contributed by atoms with Crippen molar-refractivity contribution in [1.29, 1.82) is 0 Å². The van der Waals surface area contributed by atoms with Crippen molar-refractivity contribution in [2.75, 3.05) is 13.2 Å². The van der Waals surface area contributed by atoms with Crippen LogP contribution in [-0.2, 0) is 23.2 Å². The molecule has 4 heteroatoms. The Morgan fingerprint density at radius 1 is 0.962 bits per heavy atom. The van der Waals surface area contributed by atoms with E-state index in [9.17, 15) is 4.79 Å². The highest BCUT2D eigenvalue weighted by Gasteiger charge is 2.14. The van der Waals surface area contributed by atoms with E-state index in [1.807, 2.05) is 18.2 Å². The summed E-state index contributed by atoms with van der Waals surface area (Å²) in [6, 6.07) is 14.3. The zero-order chi connectivity index (χ0) is 18.6. The number of benzene rings is 2. The molecule has 1 aliphatic rings. The average Bonchev–Trinajstić information content (AvgIpc) is 2.64. The molecule has 1 heterocycles. The molecular weight excluding hydrogens is 326 g/mol. The Morgan fingerprint density at radius 3 is 2.31 bits per heavy atom. The predicted molar refractivity (Wildman–Crippen MR) is 103 cm³/mol. The molecule has 0 spiro atoms. The molecule has 1 N–H and O–H groups in total. The molecule has 0 bridgehead atoms. The lowest BCUT2D eigenvalue weighted by molar-refractivity contribution is -0.121. The molecule has 0 saturated carbocycles. The van der Waals surface area contributed by atoms with Gasteiger partial charge in [-0.25, -0.2) is 0 Å². The van der Waals surface area contributed by atoms with E-state index in [4.69, 9.17) is 9.47 Å². The SMILES string of the molecule is CC(C)(C)c1ccc(CCC(=O)NCc2ccc3c(c2)OCCO3)cc1. The van der Waals surface area contributed by atoms with Crippen molar-refractivity contribution in [3.8, 4) is 11.5 Å². The molecule has 3 rings (SSSR count). The molecule has 4 nitrogen and oxygen atoms in total. The van der Waals surface area contributed by atoms with Gasteiger partial charge in [-0.3, -0.25) is 4.79 Å². The molecule has 0 saturated heterocycles. The summed E-state index contributed by atoms with van der Waals surface area (Å²) in [5, 5.41) is 2.98. The average molecular weight is 353 g/mol. The third kappa shape index (κ3) is 4.78. The Kier molecular flexibility index (Phi) is 5.50. The van der Waals surface area contributed by atoms with Crippen molar-refractivity contribution in [2.24, 2.45) is 0 Å². The lowest BCUT2D eigenvalue weighted by Crippen LogP contribution is -2.23. The van der Waals surface area contributed by atoms with Crippen LogP contribution in [-0.4, -0.2) is 19.1 Å². The number of fused-ring (bicyclic) bond motifs is 1. The molecular formula is C22H27NO3. The van der Waals surface area contributed by atoms with Crippen molar-refractivity contribution in [3.63, 3.8) is 0 Å². The van der Waals surface area contributed by atoms with Gasteiger partial charge in [0, 0.05) is 13.0 Å². The molecule has 26 heavy (non-hydrogen) atoms. The number of nitrogens with one attached hydrogen (secondary N) is 1. The Bertz CT molecular complexity index is 760. The Labute approximate surface area is 155 Å². The maximum Gasteiger partial charge on any atom is 0.220 e. The molecule has 1 amide bonds. The van der Waals surface area contributed by atoms with Crippen LogP contribution in [0.1, 0.15) is 43.9 Å². The quantitative estimate of drug-likeness (QED) is 0.884. The summed E-state index contributed by atoms with van der Waals surface area (Å²) in [7, 11) is 0. The number of aryl methyl sites for hydroxylation is 1. The molecule has 0 fully saturated rings. The van der Waals surface area contributed by atoms with Gasteiger partial charge in [-0.15, -0.1) is 0 Å². The second-order valence-corrected chi connectivity index (χ2v) is 7.70. The van der Waals surface area contributed by atoms with E-state index in [1.54, 1.807) is 0 Å². The van der Waals surface area contributed by atoms with E-state index in [-0.39, 0.29) is 11.3 Å². The highest BCUT2D eigenvalue weighted by molar-refractivity contribution is 5.76. The van der Waals surface area contributed by atoms with Crippen LogP contribution in [0.15, 0.2) is 42.5 Å². The van der Waals surface area contributed by atoms with Crippen LogP contribution in [0.2, 0.25) is 0 Å². The number of rotatable bonds is 5. The third-order valence-corrected chi connectivity index (χ3v) is 4.56. The molecule has 1 aliphatic heterocycles. The van der Waals surface area contributed by atoms with E-state index < -0.39 is 0 Å². The van der Waals surface area contributed by atoms with Gasteiger partial charge in [0.15, 0.2) is 11.5 Å². The summed E-state index contributed by atoms with van der Waals surface area (Å²) in [6.45, 7) is 8.25. The van der Waals surface area contributed by atoms with Gasteiger partial charge < -0.3 is 14.8 Å². The normalized spacial score (nSPS) is 13.3. The van der Waals surface area contributed by atoms with Crippen LogP contribution >= 0.6 is 0 Å². The molecule has 138 valence electrons. The third-order valence-electron chi connectivity index (χ3n) is 4.56. The molecule has 0 unspecified atom stereocenters. The fourth-order valence-corrected chi connectivity index (χ4v) is 2.92. The summed E-state index contributed by atoms with van der Waals surface area (Å²) >= 11 is 0. The minimum Gasteiger partial charge on any atom is -0.486 e. The maximum absolute atomic E-state index is 12.1. The number of carbonyl (C=O) groups excluding carboxylic acids is 1. The van der Waals surface area contributed by atoms with Crippen LogP contribution in [0.4, 0.5) is 0 Å². The first-order valence-corrected chi connectivity index (χ1v) is 9.16. The monoisotopic (exact) mass is 353 g/mol. The van der Waals surface area contributed by atoms with Crippen molar-refractivity contribution in [1.82, 2.24) is 5.32 Å². The molecule has 0 aromatic heterocycles. The largest absolute Gasteiger partial charge is 0.486 e. The second-order valence-electron chi connectivity index (χ2n) is 7.70. The Hall–Kier alpha value is -2.49. The highest BCUT2D eigenvalue weighted by Crippen LogP contribution is 2.30. The van der Waals surface area contributed by atoms with Gasteiger partial charge in [-0.2, -0.15) is 0 Å². The standard InChI is InChI=1S/C22H27NO3/c1-22(2,3)18-8-4-16(5-9-18)7-11-21(24)23-15-17-6-10-19-20(14-17)26-13-12-25-19/h4-6,8-10,14H,7,11-13,15H2,1-3H3,(H,23,24). The van der Waals surface area contributed by atoms with Gasteiger partial charge in [-0.1, -0.05) is 51.1 Å². The first-order chi connectivity index (χ1) is 12.4. The van der Waals surface area contributed by atoms with Crippen LogP contribution in [0.3, 0.4) is 0 Å². The number of ether oxygens (including phenoxy) is 2. The van der Waals surface area contributed by atoms with Gasteiger partial charge in [0.1, 0.15) is 13.2 Å². The minimum absolute atomic E-state index is 0.0554. The molecule has 2 aromatic carbocycles. The minimum atomic E-state index is 0.0554. The smallest absolute Gasteiger partial charge is 0.220 e. The zero-order valence-corrected chi connectivity index (χ0v) is 15.8. The summed E-state index contributed by atoms with van der Waals surface area (Å²) < 4.78 is 11.1.